The summed E-state index contributed by atoms with van der Waals surface area (Å²) in [5.74, 6) is -0.372. The molecule has 1 heterocycles. The van der Waals surface area contributed by atoms with Gasteiger partial charge in [0.15, 0.2) is 0 Å². The Morgan fingerprint density at radius 3 is 2.75 bits per heavy atom. The third-order valence-corrected chi connectivity index (χ3v) is 2.83. The lowest BCUT2D eigenvalue weighted by atomic mass is 10.0. The number of rotatable bonds is 6. The highest BCUT2D eigenvalue weighted by molar-refractivity contribution is 5.78. The van der Waals surface area contributed by atoms with E-state index in [9.17, 15) is 9.59 Å². The van der Waals surface area contributed by atoms with Crippen molar-refractivity contribution in [2.75, 3.05) is 13.1 Å². The maximum Gasteiger partial charge on any atom is 0.220 e. The number of hydrogen-bond donors (Lipinski definition) is 3. The molecule has 1 fully saturated rings. The molecule has 1 saturated heterocycles. The van der Waals surface area contributed by atoms with Crippen LogP contribution in [0.2, 0.25) is 0 Å². The summed E-state index contributed by atoms with van der Waals surface area (Å²) in [7, 11) is 0. The van der Waals surface area contributed by atoms with Gasteiger partial charge in [-0.1, -0.05) is 6.42 Å². The fraction of sp³-hybridized carbons (Fsp3) is 0.818. The van der Waals surface area contributed by atoms with E-state index in [4.69, 9.17) is 5.73 Å². The van der Waals surface area contributed by atoms with E-state index < -0.39 is 0 Å². The largest absolute Gasteiger partial charge is 0.370 e. The Bertz CT molecular complexity index is 237. The van der Waals surface area contributed by atoms with Gasteiger partial charge in [0.1, 0.15) is 0 Å². The molecule has 1 rings (SSSR count). The van der Waals surface area contributed by atoms with E-state index >= 15 is 0 Å². The summed E-state index contributed by atoms with van der Waals surface area (Å²) in [6.45, 7) is 1.42. The van der Waals surface area contributed by atoms with Crippen LogP contribution in [0, 0.1) is 0 Å². The van der Waals surface area contributed by atoms with Gasteiger partial charge in [0.2, 0.25) is 11.8 Å². The van der Waals surface area contributed by atoms with E-state index in [0.717, 1.165) is 19.4 Å². The van der Waals surface area contributed by atoms with Crippen molar-refractivity contribution in [3.63, 3.8) is 0 Å². The number of nitrogens with two attached hydrogens (primary N) is 1. The Labute approximate surface area is 96.1 Å². The monoisotopic (exact) mass is 227 g/mol. The van der Waals surface area contributed by atoms with Gasteiger partial charge in [-0.25, -0.2) is 0 Å². The first kappa shape index (κ1) is 13.0. The van der Waals surface area contributed by atoms with Crippen molar-refractivity contribution in [1.82, 2.24) is 10.6 Å². The molecule has 0 aliphatic carbocycles. The molecule has 0 aromatic rings. The van der Waals surface area contributed by atoms with Crippen LogP contribution in [0.25, 0.3) is 0 Å². The molecule has 0 aromatic carbocycles. The average Bonchev–Trinajstić information content (AvgIpc) is 2.27. The topological polar surface area (TPSA) is 84.2 Å². The molecule has 0 radical (unpaired) electrons. The van der Waals surface area contributed by atoms with Gasteiger partial charge in [0.25, 0.3) is 0 Å². The minimum absolute atomic E-state index is 0.00798. The van der Waals surface area contributed by atoms with E-state index in [1.54, 1.807) is 0 Å². The normalized spacial score (nSPS) is 20.4. The van der Waals surface area contributed by atoms with Crippen molar-refractivity contribution >= 4 is 11.8 Å². The molecular formula is C11H21N3O2. The van der Waals surface area contributed by atoms with Crippen molar-refractivity contribution < 1.29 is 9.59 Å². The molecule has 0 aromatic heterocycles. The van der Waals surface area contributed by atoms with E-state index in [0.29, 0.717) is 19.0 Å². The highest BCUT2D eigenvalue weighted by atomic mass is 16.2. The summed E-state index contributed by atoms with van der Waals surface area (Å²) in [4.78, 5) is 21.8. The van der Waals surface area contributed by atoms with Crippen LogP contribution in [-0.4, -0.2) is 30.9 Å². The summed E-state index contributed by atoms with van der Waals surface area (Å²) in [6, 6.07) is 0.482. The Balaban J connectivity index is 2.02. The van der Waals surface area contributed by atoms with E-state index in [1.807, 2.05) is 0 Å². The van der Waals surface area contributed by atoms with Gasteiger partial charge in [0, 0.05) is 25.4 Å². The fourth-order valence-electron chi connectivity index (χ4n) is 1.89. The lowest BCUT2D eigenvalue weighted by Crippen LogP contribution is -2.35. The molecule has 1 unspecified atom stereocenters. The molecule has 0 bridgehead atoms. The minimum Gasteiger partial charge on any atom is -0.370 e. The second-order valence-corrected chi connectivity index (χ2v) is 4.25. The Hall–Kier alpha value is -1.10. The maximum absolute atomic E-state index is 11.4. The summed E-state index contributed by atoms with van der Waals surface area (Å²) in [5.41, 5.74) is 4.97. The Morgan fingerprint density at radius 1 is 1.31 bits per heavy atom. The quantitative estimate of drug-likeness (QED) is 0.592. The van der Waals surface area contributed by atoms with Gasteiger partial charge < -0.3 is 16.4 Å². The number of hydrogen-bond acceptors (Lipinski definition) is 3. The zero-order valence-corrected chi connectivity index (χ0v) is 9.63. The van der Waals surface area contributed by atoms with Gasteiger partial charge in [-0.3, -0.25) is 9.59 Å². The third-order valence-electron chi connectivity index (χ3n) is 2.83. The summed E-state index contributed by atoms with van der Waals surface area (Å²) in [5, 5.41) is 6.08. The summed E-state index contributed by atoms with van der Waals surface area (Å²) >= 11 is 0. The maximum atomic E-state index is 11.4. The Kier molecular flexibility index (Phi) is 5.85. The predicted octanol–water partition coefficient (Wildman–Crippen LogP) is -0.0997. The molecule has 92 valence electrons. The first-order valence-electron chi connectivity index (χ1n) is 5.97. The van der Waals surface area contributed by atoms with Crippen LogP contribution in [0.5, 0.6) is 0 Å². The minimum atomic E-state index is -0.380. The van der Waals surface area contributed by atoms with Crippen molar-refractivity contribution in [2.45, 2.75) is 44.6 Å². The smallest absolute Gasteiger partial charge is 0.220 e. The highest BCUT2D eigenvalue weighted by Crippen LogP contribution is 2.11. The third kappa shape index (κ3) is 5.70. The first-order valence-corrected chi connectivity index (χ1v) is 5.97. The molecule has 2 amide bonds. The van der Waals surface area contributed by atoms with Gasteiger partial charge in [-0.05, 0) is 25.8 Å². The molecule has 4 N–H and O–H groups in total. The van der Waals surface area contributed by atoms with Crippen LogP contribution in [0.4, 0.5) is 0 Å². The van der Waals surface area contributed by atoms with Gasteiger partial charge in [-0.2, -0.15) is 0 Å². The van der Waals surface area contributed by atoms with Crippen LogP contribution in [0.15, 0.2) is 0 Å². The molecule has 5 nitrogen and oxygen atoms in total. The fourth-order valence-corrected chi connectivity index (χ4v) is 1.89. The van der Waals surface area contributed by atoms with Crippen molar-refractivity contribution in [3.8, 4) is 0 Å². The van der Waals surface area contributed by atoms with Crippen molar-refractivity contribution in [2.24, 2.45) is 5.73 Å². The highest BCUT2D eigenvalue weighted by Gasteiger charge is 2.13. The lowest BCUT2D eigenvalue weighted by Gasteiger charge is -2.22. The number of primary amides is 1. The zero-order chi connectivity index (χ0) is 11.8. The van der Waals surface area contributed by atoms with Crippen LogP contribution >= 0.6 is 0 Å². The Morgan fingerprint density at radius 2 is 2.12 bits per heavy atom. The molecule has 1 atom stereocenters. The molecule has 0 saturated carbocycles. The lowest BCUT2D eigenvalue weighted by molar-refractivity contribution is -0.121. The molecular weight excluding hydrogens is 206 g/mol. The molecule has 0 spiro atoms. The van der Waals surface area contributed by atoms with Crippen LogP contribution in [0.3, 0.4) is 0 Å². The van der Waals surface area contributed by atoms with Crippen molar-refractivity contribution in [1.29, 1.82) is 0 Å². The summed E-state index contributed by atoms with van der Waals surface area (Å²) < 4.78 is 0. The number of amides is 2. The van der Waals surface area contributed by atoms with E-state index in [-0.39, 0.29) is 18.2 Å². The molecule has 1 aliphatic heterocycles. The number of nitrogens with one attached hydrogen (secondary N) is 2. The second kappa shape index (κ2) is 7.22. The molecule has 1 aliphatic rings. The van der Waals surface area contributed by atoms with Crippen molar-refractivity contribution in [3.05, 3.63) is 0 Å². The predicted molar refractivity (Wildman–Crippen MR) is 61.7 cm³/mol. The molecule has 16 heavy (non-hydrogen) atoms. The summed E-state index contributed by atoms with van der Waals surface area (Å²) in [6.07, 6.45) is 5.27. The van der Waals surface area contributed by atoms with E-state index in [1.165, 1.54) is 12.8 Å². The van der Waals surface area contributed by atoms with E-state index in [2.05, 4.69) is 10.6 Å². The SMILES string of the molecule is NC(=O)CCNC(=O)CCC1CCCCN1. The second-order valence-electron chi connectivity index (χ2n) is 4.25. The number of carbonyl (C=O) groups is 2. The number of piperidine rings is 1. The molecule has 5 heteroatoms. The van der Waals surface area contributed by atoms with Crippen LogP contribution in [-0.2, 0) is 9.59 Å². The van der Waals surface area contributed by atoms with Gasteiger partial charge in [-0.15, -0.1) is 0 Å². The van der Waals surface area contributed by atoms with Crippen LogP contribution in [0.1, 0.15) is 38.5 Å². The van der Waals surface area contributed by atoms with Crippen LogP contribution < -0.4 is 16.4 Å². The standard InChI is InChI=1S/C11H21N3O2/c12-10(15)6-8-14-11(16)5-4-9-3-1-2-7-13-9/h9,13H,1-8H2,(H2,12,15)(H,14,16). The zero-order valence-electron chi connectivity index (χ0n) is 9.63. The number of carbonyl (C=O) groups excluding carboxylic acids is 2. The average molecular weight is 227 g/mol. The van der Waals surface area contributed by atoms with Gasteiger partial charge in [0.05, 0.1) is 0 Å². The van der Waals surface area contributed by atoms with Gasteiger partial charge >= 0.3 is 0 Å². The first-order chi connectivity index (χ1) is 7.68.